The summed E-state index contributed by atoms with van der Waals surface area (Å²) in [6.45, 7) is 7.18. The van der Waals surface area contributed by atoms with E-state index in [0.717, 1.165) is 5.56 Å². The molecule has 4 nitrogen and oxygen atoms in total. The maximum atomic E-state index is 11.8. The number of rotatable bonds is 2. The van der Waals surface area contributed by atoms with E-state index in [1.165, 1.54) is 0 Å². The van der Waals surface area contributed by atoms with Crippen LogP contribution in [0.1, 0.15) is 37.9 Å². The molecule has 1 heterocycles. The molecule has 0 radical (unpaired) electrons. The van der Waals surface area contributed by atoms with Crippen molar-refractivity contribution in [1.82, 2.24) is 4.98 Å². The van der Waals surface area contributed by atoms with E-state index < -0.39 is 17.5 Å². The lowest BCUT2D eigenvalue weighted by Gasteiger charge is -2.21. The monoisotopic (exact) mass is 232 g/mol. The molecule has 0 N–H and O–H groups in total. The molecule has 0 aliphatic carbocycles. The van der Waals surface area contributed by atoms with E-state index >= 15 is 0 Å². The smallest absolute Gasteiger partial charge is 0.330 e. The lowest BCUT2D eigenvalue weighted by Crippen LogP contribution is -2.27. The van der Waals surface area contributed by atoms with Gasteiger partial charge >= 0.3 is 5.97 Å². The topological polar surface area (TPSA) is 63.0 Å². The molecule has 1 rings (SSSR count). The van der Waals surface area contributed by atoms with Gasteiger partial charge in [-0.25, -0.2) is 0 Å². The van der Waals surface area contributed by atoms with Crippen LogP contribution >= 0.6 is 0 Å². The molecule has 0 aromatic carbocycles. The van der Waals surface area contributed by atoms with Crippen LogP contribution in [0.5, 0.6) is 0 Å². The molecule has 0 saturated heterocycles. The molecule has 1 aromatic heterocycles. The third kappa shape index (κ3) is 3.87. The number of hydrogen-bond acceptors (Lipinski definition) is 4. The first-order valence-electron chi connectivity index (χ1n) is 5.38. The van der Waals surface area contributed by atoms with E-state index in [-0.39, 0.29) is 0 Å². The van der Waals surface area contributed by atoms with Gasteiger partial charge in [0, 0.05) is 6.20 Å². The molecule has 0 bridgehead atoms. The van der Waals surface area contributed by atoms with Crippen molar-refractivity contribution in [3.05, 3.63) is 29.6 Å². The fraction of sp³-hybridized carbons (Fsp3) is 0.462. The minimum atomic E-state index is -0.964. The van der Waals surface area contributed by atoms with Crippen molar-refractivity contribution >= 4 is 5.97 Å². The van der Waals surface area contributed by atoms with Gasteiger partial charge in [0.05, 0.1) is 11.8 Å². The van der Waals surface area contributed by atoms with Crippen molar-refractivity contribution in [3.63, 3.8) is 0 Å². The van der Waals surface area contributed by atoms with Gasteiger partial charge in [0.1, 0.15) is 5.60 Å². The molecule has 0 unspecified atom stereocenters. The van der Waals surface area contributed by atoms with E-state index in [2.05, 4.69) is 4.98 Å². The Hall–Kier alpha value is -1.89. The maximum absolute atomic E-state index is 11.8. The second-order valence-corrected chi connectivity index (χ2v) is 4.85. The van der Waals surface area contributed by atoms with Crippen LogP contribution in [0.15, 0.2) is 18.3 Å². The summed E-state index contributed by atoms with van der Waals surface area (Å²) < 4.78 is 5.18. The van der Waals surface area contributed by atoms with Crippen molar-refractivity contribution in [2.45, 2.75) is 39.2 Å². The summed E-state index contributed by atoms with van der Waals surface area (Å²) in [5.41, 5.74) is 0.788. The van der Waals surface area contributed by atoms with Gasteiger partial charge in [0.25, 0.3) is 0 Å². The average molecular weight is 232 g/mol. The third-order valence-electron chi connectivity index (χ3n) is 2.00. The molecule has 17 heavy (non-hydrogen) atoms. The van der Waals surface area contributed by atoms with Crippen LogP contribution in [0, 0.1) is 18.3 Å². The Bertz CT molecular complexity index is 455. The molecular formula is C13H16N2O2. The summed E-state index contributed by atoms with van der Waals surface area (Å²) >= 11 is 0. The number of nitrogens with zero attached hydrogens (tertiary/aromatic N) is 2. The predicted molar refractivity (Wildman–Crippen MR) is 63.2 cm³/mol. The lowest BCUT2D eigenvalue weighted by atomic mass is 10.0. The van der Waals surface area contributed by atoms with Gasteiger partial charge in [-0.3, -0.25) is 9.78 Å². The van der Waals surface area contributed by atoms with Gasteiger partial charge < -0.3 is 4.74 Å². The fourth-order valence-corrected chi connectivity index (χ4v) is 1.32. The van der Waals surface area contributed by atoms with E-state index in [1.807, 2.05) is 19.1 Å². The van der Waals surface area contributed by atoms with Gasteiger partial charge in [0.15, 0.2) is 5.92 Å². The standard InChI is InChI=1S/C13H16N2O2/c1-9-5-6-15-11(7-9)10(8-14)12(16)17-13(2,3)4/h5-7,10H,1-4H3/t10-/m1/s1. The van der Waals surface area contributed by atoms with Crippen molar-refractivity contribution in [2.24, 2.45) is 0 Å². The Morgan fingerprint density at radius 3 is 2.65 bits per heavy atom. The van der Waals surface area contributed by atoms with Crippen molar-refractivity contribution in [1.29, 1.82) is 5.26 Å². The summed E-state index contributed by atoms with van der Waals surface area (Å²) in [7, 11) is 0. The normalized spacial score (nSPS) is 12.6. The Kier molecular flexibility index (Phi) is 3.84. The molecule has 1 aromatic rings. The molecule has 0 aliphatic rings. The first-order valence-corrected chi connectivity index (χ1v) is 5.38. The number of aryl methyl sites for hydroxylation is 1. The highest BCUT2D eigenvalue weighted by molar-refractivity contribution is 5.81. The van der Waals surface area contributed by atoms with Gasteiger partial charge in [0.2, 0.25) is 0 Å². The molecule has 0 spiro atoms. The van der Waals surface area contributed by atoms with Gasteiger partial charge in [-0.2, -0.15) is 5.26 Å². The van der Waals surface area contributed by atoms with E-state index in [1.54, 1.807) is 33.0 Å². The zero-order chi connectivity index (χ0) is 13.1. The summed E-state index contributed by atoms with van der Waals surface area (Å²) in [6.07, 6.45) is 1.58. The number of esters is 1. The summed E-state index contributed by atoms with van der Waals surface area (Å²) in [6, 6.07) is 5.46. The van der Waals surface area contributed by atoms with Crippen LogP contribution in [0.2, 0.25) is 0 Å². The van der Waals surface area contributed by atoms with Crippen LogP contribution in [-0.2, 0) is 9.53 Å². The minimum absolute atomic E-state index is 0.432. The van der Waals surface area contributed by atoms with Crippen LogP contribution < -0.4 is 0 Å². The molecule has 0 amide bonds. The van der Waals surface area contributed by atoms with Crippen LogP contribution in [0.3, 0.4) is 0 Å². The molecule has 0 saturated carbocycles. The molecule has 0 fully saturated rings. The van der Waals surface area contributed by atoms with Gasteiger partial charge in [-0.05, 0) is 45.4 Å². The number of ether oxygens (including phenoxy) is 1. The molecular weight excluding hydrogens is 216 g/mol. The zero-order valence-electron chi connectivity index (χ0n) is 10.5. The first kappa shape index (κ1) is 13.2. The Morgan fingerprint density at radius 1 is 1.53 bits per heavy atom. The predicted octanol–water partition coefficient (Wildman–Crippen LogP) is 2.34. The maximum Gasteiger partial charge on any atom is 0.330 e. The second kappa shape index (κ2) is 4.96. The Morgan fingerprint density at radius 2 is 2.18 bits per heavy atom. The quantitative estimate of drug-likeness (QED) is 0.734. The van der Waals surface area contributed by atoms with E-state index in [4.69, 9.17) is 10.00 Å². The number of pyridine rings is 1. The fourth-order valence-electron chi connectivity index (χ4n) is 1.32. The SMILES string of the molecule is Cc1ccnc([C@@H](C#N)C(=O)OC(C)(C)C)c1. The number of hydrogen-bond donors (Lipinski definition) is 0. The van der Waals surface area contributed by atoms with Crippen molar-refractivity contribution in [2.75, 3.05) is 0 Å². The number of carbonyl (C=O) groups is 1. The van der Waals surface area contributed by atoms with Gasteiger partial charge in [-0.1, -0.05) is 0 Å². The highest BCUT2D eigenvalue weighted by atomic mass is 16.6. The van der Waals surface area contributed by atoms with E-state index in [0.29, 0.717) is 5.69 Å². The van der Waals surface area contributed by atoms with Crippen LogP contribution in [0.25, 0.3) is 0 Å². The number of carbonyl (C=O) groups excluding carboxylic acids is 1. The lowest BCUT2D eigenvalue weighted by molar-refractivity contribution is -0.155. The molecule has 4 heteroatoms. The van der Waals surface area contributed by atoms with E-state index in [9.17, 15) is 4.79 Å². The molecule has 1 atom stereocenters. The number of aromatic nitrogens is 1. The van der Waals surface area contributed by atoms with Gasteiger partial charge in [-0.15, -0.1) is 0 Å². The first-order chi connectivity index (χ1) is 7.83. The Labute approximate surface area is 101 Å². The highest BCUT2D eigenvalue weighted by Gasteiger charge is 2.27. The summed E-state index contributed by atoms with van der Waals surface area (Å²) in [5.74, 6) is -1.52. The largest absolute Gasteiger partial charge is 0.459 e. The summed E-state index contributed by atoms with van der Waals surface area (Å²) in [4.78, 5) is 15.9. The van der Waals surface area contributed by atoms with Crippen molar-refractivity contribution < 1.29 is 9.53 Å². The summed E-state index contributed by atoms with van der Waals surface area (Å²) in [5, 5.41) is 9.05. The average Bonchev–Trinajstić information content (AvgIpc) is 2.15. The molecule has 0 aliphatic heterocycles. The third-order valence-corrected chi connectivity index (χ3v) is 2.00. The zero-order valence-corrected chi connectivity index (χ0v) is 10.5. The number of nitriles is 1. The van der Waals surface area contributed by atoms with Crippen LogP contribution in [0.4, 0.5) is 0 Å². The van der Waals surface area contributed by atoms with Crippen LogP contribution in [-0.4, -0.2) is 16.6 Å². The highest BCUT2D eigenvalue weighted by Crippen LogP contribution is 2.19. The Balaban J connectivity index is 2.94. The van der Waals surface area contributed by atoms with Crippen molar-refractivity contribution in [3.8, 4) is 6.07 Å². The second-order valence-electron chi connectivity index (χ2n) is 4.85. The minimum Gasteiger partial charge on any atom is -0.459 e. The molecule has 90 valence electrons.